The van der Waals surface area contributed by atoms with E-state index in [2.05, 4.69) is 4.72 Å². The van der Waals surface area contributed by atoms with E-state index in [1.807, 2.05) is 0 Å². The van der Waals surface area contributed by atoms with Crippen LogP contribution in [0.5, 0.6) is 5.75 Å². The molecule has 0 heterocycles. The quantitative estimate of drug-likeness (QED) is 0.276. The summed E-state index contributed by atoms with van der Waals surface area (Å²) in [6.07, 6.45) is 0. The number of nitrogens with two attached hydrogens (primary N) is 1. The number of ketones is 1. The molecule has 0 aliphatic carbocycles. The van der Waals surface area contributed by atoms with E-state index in [0.29, 0.717) is 5.56 Å². The highest BCUT2D eigenvalue weighted by Crippen LogP contribution is 2.13. The predicted molar refractivity (Wildman–Crippen MR) is 96.5 cm³/mol. The number of carbonyl (C=O) groups is 2. The molecule has 0 fully saturated rings. The van der Waals surface area contributed by atoms with Crippen molar-refractivity contribution in [1.29, 1.82) is 5.41 Å². The smallest absolute Gasteiger partial charge is 0.341 e. The lowest BCUT2D eigenvalue weighted by Gasteiger charge is -2.08. The highest BCUT2D eigenvalue weighted by atomic mass is 32.2. The number of aliphatic carboxylic acids is 1. The summed E-state index contributed by atoms with van der Waals surface area (Å²) in [5.41, 5.74) is 5.94. The fraction of sp³-hybridized carbons (Fsp3) is 0.118. The SMILES string of the molecule is N=C(N)c1ccc(S(=O)(=O)NCC(=O)c2ccc(OCC(=O)O)cc2)cc1. The van der Waals surface area contributed by atoms with E-state index in [1.54, 1.807) is 0 Å². The van der Waals surface area contributed by atoms with Gasteiger partial charge in [-0.25, -0.2) is 17.9 Å². The number of nitrogen functional groups attached to an aromatic ring is 1. The zero-order valence-corrected chi connectivity index (χ0v) is 14.8. The van der Waals surface area contributed by atoms with Crippen LogP contribution in [0.15, 0.2) is 53.4 Å². The molecule has 0 unspecified atom stereocenters. The minimum atomic E-state index is -3.90. The number of carboxylic acid groups (broad SMARTS) is 1. The number of hydrogen-bond acceptors (Lipinski definition) is 6. The van der Waals surface area contributed by atoms with Gasteiger partial charge in [-0.2, -0.15) is 0 Å². The summed E-state index contributed by atoms with van der Waals surface area (Å²) < 4.78 is 31.6. The monoisotopic (exact) mass is 391 g/mol. The first-order valence-corrected chi connectivity index (χ1v) is 9.09. The van der Waals surface area contributed by atoms with Crippen molar-refractivity contribution in [2.24, 2.45) is 5.73 Å². The first-order valence-electron chi connectivity index (χ1n) is 7.61. The van der Waals surface area contributed by atoms with Crippen LogP contribution >= 0.6 is 0 Å². The van der Waals surface area contributed by atoms with Gasteiger partial charge in [0.25, 0.3) is 0 Å². The van der Waals surface area contributed by atoms with Gasteiger partial charge in [0, 0.05) is 11.1 Å². The van der Waals surface area contributed by atoms with Crippen LogP contribution in [-0.2, 0) is 14.8 Å². The Balaban J connectivity index is 1.99. The number of Topliss-reactive ketones (excluding diaryl/α,β-unsaturated/α-hetero) is 1. The number of hydrogen-bond donors (Lipinski definition) is 4. The lowest BCUT2D eigenvalue weighted by molar-refractivity contribution is -0.139. The molecule has 0 radical (unpaired) electrons. The number of amidine groups is 1. The Morgan fingerprint density at radius 1 is 1.04 bits per heavy atom. The van der Waals surface area contributed by atoms with Gasteiger partial charge in [0.1, 0.15) is 11.6 Å². The average Bonchev–Trinajstić information content (AvgIpc) is 2.65. The number of nitrogens with one attached hydrogen (secondary N) is 2. The van der Waals surface area contributed by atoms with Gasteiger partial charge in [0.15, 0.2) is 12.4 Å². The average molecular weight is 391 g/mol. The largest absolute Gasteiger partial charge is 0.482 e. The molecule has 0 spiro atoms. The molecule has 2 rings (SSSR count). The number of ether oxygens (including phenoxy) is 1. The molecule has 0 aromatic heterocycles. The molecule has 0 bridgehead atoms. The number of rotatable bonds is 9. The Labute approximate surface area is 155 Å². The first kappa shape index (κ1) is 20.1. The maximum atomic E-state index is 12.2. The fourth-order valence-corrected chi connectivity index (χ4v) is 3.02. The van der Waals surface area contributed by atoms with Crippen molar-refractivity contribution < 1.29 is 27.9 Å². The summed E-state index contributed by atoms with van der Waals surface area (Å²) in [5.74, 6) is -1.50. The van der Waals surface area contributed by atoms with E-state index < -0.39 is 34.9 Å². The topological polar surface area (TPSA) is 160 Å². The molecule has 27 heavy (non-hydrogen) atoms. The lowest BCUT2D eigenvalue weighted by Crippen LogP contribution is -2.29. The molecule has 0 aliphatic rings. The van der Waals surface area contributed by atoms with Crippen LogP contribution in [0.4, 0.5) is 0 Å². The molecule has 0 saturated heterocycles. The second-order valence-corrected chi connectivity index (χ2v) is 7.16. The van der Waals surface area contributed by atoms with E-state index in [4.69, 9.17) is 21.0 Å². The number of carboxylic acids is 1. The van der Waals surface area contributed by atoms with Crippen LogP contribution in [0.3, 0.4) is 0 Å². The van der Waals surface area contributed by atoms with Gasteiger partial charge >= 0.3 is 5.97 Å². The van der Waals surface area contributed by atoms with E-state index >= 15 is 0 Å². The van der Waals surface area contributed by atoms with E-state index in [1.165, 1.54) is 48.5 Å². The van der Waals surface area contributed by atoms with Gasteiger partial charge in [-0.05, 0) is 48.5 Å². The number of benzene rings is 2. The fourth-order valence-electron chi connectivity index (χ4n) is 2.04. The molecule has 0 saturated carbocycles. The molecule has 2 aromatic rings. The second-order valence-electron chi connectivity index (χ2n) is 5.39. The van der Waals surface area contributed by atoms with Gasteiger partial charge in [-0.3, -0.25) is 10.2 Å². The molecule has 10 heteroatoms. The molecule has 0 atom stereocenters. The van der Waals surface area contributed by atoms with Crippen molar-refractivity contribution in [3.8, 4) is 5.75 Å². The highest BCUT2D eigenvalue weighted by molar-refractivity contribution is 7.89. The van der Waals surface area contributed by atoms with Gasteiger partial charge < -0.3 is 15.6 Å². The molecule has 2 aromatic carbocycles. The zero-order valence-electron chi connectivity index (χ0n) is 14.0. The lowest BCUT2D eigenvalue weighted by atomic mass is 10.1. The van der Waals surface area contributed by atoms with Crippen LogP contribution in [0, 0.1) is 5.41 Å². The summed E-state index contributed by atoms with van der Waals surface area (Å²) >= 11 is 0. The maximum Gasteiger partial charge on any atom is 0.341 e. The summed E-state index contributed by atoms with van der Waals surface area (Å²) in [5, 5.41) is 15.8. The molecular formula is C17H17N3O6S. The summed E-state index contributed by atoms with van der Waals surface area (Å²) in [6.45, 7) is -0.957. The van der Waals surface area contributed by atoms with Gasteiger partial charge in [-0.15, -0.1) is 0 Å². The van der Waals surface area contributed by atoms with E-state index in [0.717, 1.165) is 0 Å². The second kappa shape index (κ2) is 8.43. The van der Waals surface area contributed by atoms with Crippen molar-refractivity contribution in [2.75, 3.05) is 13.2 Å². The molecule has 0 amide bonds. The third kappa shape index (κ3) is 5.62. The highest BCUT2D eigenvalue weighted by Gasteiger charge is 2.16. The summed E-state index contributed by atoms with van der Waals surface area (Å²) in [7, 11) is -3.90. The van der Waals surface area contributed by atoms with Gasteiger partial charge in [0.05, 0.1) is 11.4 Å². The molecule has 142 valence electrons. The number of carbonyl (C=O) groups excluding carboxylic acids is 1. The Morgan fingerprint density at radius 2 is 1.59 bits per heavy atom. The van der Waals surface area contributed by atoms with Crippen molar-refractivity contribution in [2.45, 2.75) is 4.90 Å². The van der Waals surface area contributed by atoms with Gasteiger partial charge in [-0.1, -0.05) is 0 Å². The molecule has 9 nitrogen and oxygen atoms in total. The first-order chi connectivity index (χ1) is 12.7. The maximum absolute atomic E-state index is 12.2. The Hall–Kier alpha value is -3.24. The zero-order chi connectivity index (χ0) is 20.0. The van der Waals surface area contributed by atoms with Crippen molar-refractivity contribution in [3.05, 3.63) is 59.7 Å². The van der Waals surface area contributed by atoms with Crippen molar-refractivity contribution in [1.82, 2.24) is 4.72 Å². The Kier molecular flexibility index (Phi) is 6.27. The minimum Gasteiger partial charge on any atom is -0.482 e. The Morgan fingerprint density at radius 3 is 2.11 bits per heavy atom. The molecule has 5 N–H and O–H groups in total. The standard InChI is InChI=1S/C17H17N3O6S/c18-17(19)12-3-7-14(8-4-12)27(24,25)20-9-15(21)11-1-5-13(6-2-11)26-10-16(22)23/h1-8,20H,9-10H2,(H3,18,19)(H,22,23). The van der Waals surface area contributed by atoms with Crippen LogP contribution in [0.2, 0.25) is 0 Å². The summed E-state index contributed by atoms with van der Waals surface area (Å²) in [6, 6.07) is 11.0. The van der Waals surface area contributed by atoms with Crippen molar-refractivity contribution >= 4 is 27.6 Å². The minimum absolute atomic E-state index is 0.0577. The molecular weight excluding hydrogens is 374 g/mol. The van der Waals surface area contributed by atoms with E-state index in [9.17, 15) is 18.0 Å². The normalized spacial score (nSPS) is 11.0. The van der Waals surface area contributed by atoms with Crippen LogP contribution < -0.4 is 15.2 Å². The third-order valence-electron chi connectivity index (χ3n) is 3.44. The predicted octanol–water partition coefficient (Wildman–Crippen LogP) is 0.595. The van der Waals surface area contributed by atoms with Gasteiger partial charge in [0.2, 0.25) is 10.0 Å². The van der Waals surface area contributed by atoms with Crippen molar-refractivity contribution in [3.63, 3.8) is 0 Å². The summed E-state index contributed by atoms with van der Waals surface area (Å²) in [4.78, 5) is 22.5. The molecule has 0 aliphatic heterocycles. The van der Waals surface area contributed by atoms with Crippen LogP contribution in [0.25, 0.3) is 0 Å². The Bertz CT molecular complexity index is 953. The van der Waals surface area contributed by atoms with Crippen LogP contribution in [0.1, 0.15) is 15.9 Å². The van der Waals surface area contributed by atoms with E-state index in [-0.39, 0.29) is 22.0 Å². The number of sulfonamides is 1. The third-order valence-corrected chi connectivity index (χ3v) is 4.85. The van der Waals surface area contributed by atoms with Crippen LogP contribution in [-0.4, -0.2) is 44.3 Å².